The molecule has 1 heterocycles. The van der Waals surface area contributed by atoms with Gasteiger partial charge in [-0.25, -0.2) is 4.39 Å². The first-order valence-electron chi connectivity index (χ1n) is 3.63. The first-order chi connectivity index (χ1) is 6.24. The van der Waals surface area contributed by atoms with Crippen LogP contribution >= 0.6 is 34.7 Å². The van der Waals surface area contributed by atoms with Crippen molar-refractivity contribution in [2.24, 2.45) is 0 Å². The number of hydrogen-bond donors (Lipinski definition) is 0. The zero-order chi connectivity index (χ0) is 9.42. The maximum absolute atomic E-state index is 13.7. The average Bonchev–Trinajstić information content (AvgIpc) is 2.53. The Bertz CT molecular complexity index is 450. The molecule has 0 nitrogen and oxygen atoms in total. The first kappa shape index (κ1) is 9.31. The molecule has 0 unspecified atom stereocenters. The van der Waals surface area contributed by atoms with E-state index < -0.39 is 0 Å². The van der Waals surface area contributed by atoms with Crippen LogP contribution in [0.2, 0.25) is 5.02 Å². The fourth-order valence-corrected chi connectivity index (χ4v) is 3.06. The van der Waals surface area contributed by atoms with Gasteiger partial charge in [0.2, 0.25) is 0 Å². The number of fused-ring (bicyclic) bond motifs is 1. The largest absolute Gasteiger partial charge is 0.205 e. The molecule has 0 bridgehead atoms. The molecule has 0 saturated carbocycles. The minimum atomic E-state index is -0.198. The smallest absolute Gasteiger partial charge is 0.146 e. The Balaban J connectivity index is 2.85. The number of rotatable bonds is 1. The molecule has 0 saturated heterocycles. The van der Waals surface area contributed by atoms with Crippen molar-refractivity contribution in [1.29, 1.82) is 0 Å². The lowest BCUT2D eigenvalue weighted by atomic mass is 10.2. The Labute approximate surface area is 88.7 Å². The van der Waals surface area contributed by atoms with E-state index >= 15 is 0 Å². The molecule has 0 aliphatic heterocycles. The molecule has 68 valence electrons. The van der Waals surface area contributed by atoms with Crippen LogP contribution in [0.1, 0.15) is 0 Å². The predicted octanol–water partition coefficient (Wildman–Crippen LogP) is 4.42. The molecular weight excluding hydrogens is 227 g/mol. The standard InChI is InChI=1S/C9H6ClFS2/c1-12-9-6(10)4-7-5(8(9)11)2-3-13-7/h2-4H,1H3. The molecule has 0 fully saturated rings. The van der Waals surface area contributed by atoms with E-state index in [-0.39, 0.29) is 5.82 Å². The van der Waals surface area contributed by atoms with Crippen LogP contribution in [0.5, 0.6) is 0 Å². The van der Waals surface area contributed by atoms with Gasteiger partial charge in [-0.15, -0.1) is 23.1 Å². The zero-order valence-electron chi connectivity index (χ0n) is 6.80. The highest BCUT2D eigenvalue weighted by atomic mass is 35.5. The van der Waals surface area contributed by atoms with Crippen LogP contribution in [0.15, 0.2) is 22.4 Å². The highest BCUT2D eigenvalue weighted by Gasteiger charge is 2.11. The predicted molar refractivity (Wildman–Crippen MR) is 58.6 cm³/mol. The van der Waals surface area contributed by atoms with E-state index in [1.807, 2.05) is 17.7 Å². The van der Waals surface area contributed by atoms with Crippen molar-refractivity contribution in [1.82, 2.24) is 0 Å². The Hall–Kier alpha value is -0.250. The molecule has 0 spiro atoms. The Morgan fingerprint density at radius 1 is 1.54 bits per heavy atom. The minimum Gasteiger partial charge on any atom is -0.205 e. The van der Waals surface area contributed by atoms with E-state index in [1.54, 1.807) is 6.07 Å². The van der Waals surface area contributed by atoms with Gasteiger partial charge in [0.25, 0.3) is 0 Å². The van der Waals surface area contributed by atoms with Crippen LogP contribution in [0.3, 0.4) is 0 Å². The Kier molecular flexibility index (Phi) is 2.49. The van der Waals surface area contributed by atoms with E-state index in [4.69, 9.17) is 11.6 Å². The molecule has 4 heteroatoms. The van der Waals surface area contributed by atoms with Crippen molar-refractivity contribution < 1.29 is 4.39 Å². The van der Waals surface area contributed by atoms with Crippen LogP contribution in [-0.4, -0.2) is 6.26 Å². The van der Waals surface area contributed by atoms with Crippen LogP contribution in [0.4, 0.5) is 4.39 Å². The van der Waals surface area contributed by atoms with Crippen LogP contribution in [-0.2, 0) is 0 Å². The SMILES string of the molecule is CSc1c(Cl)cc2sccc2c1F. The van der Waals surface area contributed by atoms with Crippen LogP contribution in [0.25, 0.3) is 10.1 Å². The normalized spacial score (nSPS) is 11.0. The fraction of sp³-hybridized carbons (Fsp3) is 0.111. The summed E-state index contributed by atoms with van der Waals surface area (Å²) in [6.45, 7) is 0. The number of benzene rings is 1. The first-order valence-corrected chi connectivity index (χ1v) is 6.11. The number of thiophene rings is 1. The maximum Gasteiger partial charge on any atom is 0.146 e. The van der Waals surface area contributed by atoms with Gasteiger partial charge >= 0.3 is 0 Å². The third-order valence-corrected chi connectivity index (χ3v) is 3.89. The van der Waals surface area contributed by atoms with E-state index in [0.717, 1.165) is 4.70 Å². The molecule has 1 aromatic heterocycles. The molecule has 0 N–H and O–H groups in total. The molecule has 0 aliphatic rings. The minimum absolute atomic E-state index is 0.198. The summed E-state index contributed by atoms with van der Waals surface area (Å²) in [5.74, 6) is -0.198. The summed E-state index contributed by atoms with van der Waals surface area (Å²) < 4.78 is 14.6. The van der Waals surface area contributed by atoms with Gasteiger partial charge in [-0.1, -0.05) is 11.6 Å². The fourth-order valence-electron chi connectivity index (χ4n) is 1.21. The summed E-state index contributed by atoms with van der Waals surface area (Å²) in [6.07, 6.45) is 1.82. The maximum atomic E-state index is 13.7. The van der Waals surface area contributed by atoms with Gasteiger partial charge in [-0.05, 0) is 23.8 Å². The Morgan fingerprint density at radius 3 is 3.00 bits per heavy atom. The molecule has 1 aromatic carbocycles. The summed E-state index contributed by atoms with van der Waals surface area (Å²) in [5, 5.41) is 3.03. The summed E-state index contributed by atoms with van der Waals surface area (Å²) in [4.78, 5) is 0.535. The van der Waals surface area contributed by atoms with Gasteiger partial charge in [-0.2, -0.15) is 0 Å². The Morgan fingerprint density at radius 2 is 2.31 bits per heavy atom. The second-order valence-electron chi connectivity index (χ2n) is 2.54. The highest BCUT2D eigenvalue weighted by molar-refractivity contribution is 7.98. The number of halogens is 2. The molecule has 13 heavy (non-hydrogen) atoms. The second kappa shape index (κ2) is 3.48. The molecule has 2 aromatic rings. The lowest BCUT2D eigenvalue weighted by Gasteiger charge is -2.02. The summed E-state index contributed by atoms with van der Waals surface area (Å²) in [5.41, 5.74) is 0. The lowest BCUT2D eigenvalue weighted by molar-refractivity contribution is 0.615. The van der Waals surface area contributed by atoms with E-state index in [9.17, 15) is 4.39 Å². The van der Waals surface area contributed by atoms with Crippen molar-refractivity contribution >= 4 is 44.8 Å². The molecule has 0 atom stereocenters. The average molecular weight is 233 g/mol. The van der Waals surface area contributed by atoms with Crippen molar-refractivity contribution in [2.45, 2.75) is 4.90 Å². The summed E-state index contributed by atoms with van der Waals surface area (Å²) >= 11 is 8.75. The topological polar surface area (TPSA) is 0 Å². The van der Waals surface area contributed by atoms with Crippen LogP contribution < -0.4 is 0 Å². The molecule has 0 radical (unpaired) electrons. The van der Waals surface area contributed by atoms with Crippen molar-refractivity contribution in [3.05, 3.63) is 28.4 Å². The van der Waals surface area contributed by atoms with Crippen molar-refractivity contribution in [3.63, 3.8) is 0 Å². The van der Waals surface area contributed by atoms with Crippen LogP contribution in [0, 0.1) is 5.82 Å². The molecule has 0 aliphatic carbocycles. The molecule has 0 amide bonds. The second-order valence-corrected chi connectivity index (χ2v) is 4.71. The van der Waals surface area contributed by atoms with Gasteiger partial charge in [0.1, 0.15) is 5.82 Å². The van der Waals surface area contributed by atoms with Crippen molar-refractivity contribution in [2.75, 3.05) is 6.26 Å². The van der Waals surface area contributed by atoms with E-state index in [2.05, 4.69) is 0 Å². The van der Waals surface area contributed by atoms with E-state index in [0.29, 0.717) is 15.3 Å². The molecular formula is C9H6ClFS2. The van der Waals surface area contributed by atoms with Gasteiger partial charge in [0.15, 0.2) is 0 Å². The zero-order valence-corrected chi connectivity index (χ0v) is 9.19. The van der Waals surface area contributed by atoms with Gasteiger partial charge in [0.05, 0.1) is 9.92 Å². The third-order valence-electron chi connectivity index (χ3n) is 1.81. The summed E-state index contributed by atoms with van der Waals surface area (Å²) in [6, 6.07) is 3.60. The quantitative estimate of drug-likeness (QED) is 0.656. The summed E-state index contributed by atoms with van der Waals surface area (Å²) in [7, 11) is 0. The third kappa shape index (κ3) is 1.45. The van der Waals surface area contributed by atoms with E-state index in [1.165, 1.54) is 23.1 Å². The van der Waals surface area contributed by atoms with Crippen molar-refractivity contribution in [3.8, 4) is 0 Å². The monoisotopic (exact) mass is 232 g/mol. The lowest BCUT2D eigenvalue weighted by Crippen LogP contribution is -1.82. The molecule has 2 rings (SSSR count). The highest BCUT2D eigenvalue weighted by Crippen LogP contribution is 2.35. The van der Waals surface area contributed by atoms with Gasteiger partial charge < -0.3 is 0 Å². The number of hydrogen-bond acceptors (Lipinski definition) is 2. The van der Waals surface area contributed by atoms with Gasteiger partial charge in [-0.3, -0.25) is 0 Å². The van der Waals surface area contributed by atoms with Gasteiger partial charge in [0, 0.05) is 10.1 Å². The number of thioether (sulfide) groups is 1.